The van der Waals surface area contributed by atoms with E-state index in [-0.39, 0.29) is 23.4 Å². The van der Waals surface area contributed by atoms with Crippen LogP contribution in [-0.4, -0.2) is 24.9 Å². The average molecular weight is 248 g/mol. The molecule has 16 heavy (non-hydrogen) atoms. The molecule has 0 aliphatic heterocycles. The van der Waals surface area contributed by atoms with Crippen LogP contribution < -0.4 is 5.32 Å². The molecule has 0 bridgehead atoms. The number of rotatable bonds is 5. The largest absolute Gasteiger partial charge is 0.392 e. The summed E-state index contributed by atoms with van der Waals surface area (Å²) in [5, 5.41) is 12.1. The highest BCUT2D eigenvalue weighted by molar-refractivity contribution is 6.33. The van der Waals surface area contributed by atoms with E-state index in [1.54, 1.807) is 7.11 Å². The number of ether oxygens (including phenoxy) is 1. The van der Waals surface area contributed by atoms with Crippen molar-refractivity contribution >= 4 is 17.3 Å². The molecular weight excluding hydrogens is 233 g/mol. The summed E-state index contributed by atoms with van der Waals surface area (Å²) in [5.41, 5.74) is 0.691. The molecule has 0 fully saturated rings. The van der Waals surface area contributed by atoms with Gasteiger partial charge in [-0.05, 0) is 24.6 Å². The number of aliphatic hydroxyl groups is 1. The Bertz CT molecular complexity index is 337. The van der Waals surface area contributed by atoms with E-state index in [9.17, 15) is 4.39 Å². The van der Waals surface area contributed by atoms with Crippen LogP contribution in [0.3, 0.4) is 0 Å². The Morgan fingerprint density at radius 3 is 2.75 bits per heavy atom. The van der Waals surface area contributed by atoms with Gasteiger partial charge < -0.3 is 15.2 Å². The van der Waals surface area contributed by atoms with E-state index in [1.807, 2.05) is 6.92 Å². The number of hydrogen-bond donors (Lipinski definition) is 2. The van der Waals surface area contributed by atoms with Crippen LogP contribution in [0.4, 0.5) is 10.1 Å². The lowest BCUT2D eigenvalue weighted by atomic mass is 10.2. The van der Waals surface area contributed by atoms with Gasteiger partial charge in [-0.1, -0.05) is 11.6 Å². The van der Waals surface area contributed by atoms with Crippen LogP contribution in [-0.2, 0) is 11.3 Å². The summed E-state index contributed by atoms with van der Waals surface area (Å²) in [6.45, 7) is 2.08. The van der Waals surface area contributed by atoms with E-state index in [1.165, 1.54) is 12.1 Å². The van der Waals surface area contributed by atoms with E-state index in [2.05, 4.69) is 5.32 Å². The quantitative estimate of drug-likeness (QED) is 0.840. The Hall–Kier alpha value is -0.840. The first kappa shape index (κ1) is 13.2. The van der Waals surface area contributed by atoms with Crippen molar-refractivity contribution in [2.75, 3.05) is 19.0 Å². The van der Waals surface area contributed by atoms with Crippen molar-refractivity contribution in [1.29, 1.82) is 0 Å². The normalized spacial score (nSPS) is 12.6. The fraction of sp³-hybridized carbons (Fsp3) is 0.455. The third-order valence-electron chi connectivity index (χ3n) is 2.09. The first-order valence-corrected chi connectivity index (χ1v) is 5.30. The van der Waals surface area contributed by atoms with Crippen LogP contribution in [0.2, 0.25) is 5.02 Å². The zero-order valence-electron chi connectivity index (χ0n) is 9.26. The molecule has 0 saturated carbocycles. The van der Waals surface area contributed by atoms with Crippen LogP contribution in [0.5, 0.6) is 0 Å². The molecule has 5 heteroatoms. The molecule has 1 unspecified atom stereocenters. The van der Waals surface area contributed by atoms with Gasteiger partial charge in [0.25, 0.3) is 0 Å². The minimum atomic E-state index is -0.473. The molecule has 0 heterocycles. The second kappa shape index (κ2) is 6.03. The van der Waals surface area contributed by atoms with Gasteiger partial charge in [-0.2, -0.15) is 0 Å². The van der Waals surface area contributed by atoms with E-state index in [0.29, 0.717) is 12.2 Å². The maximum absolute atomic E-state index is 13.6. The second-order valence-electron chi connectivity index (χ2n) is 3.59. The lowest BCUT2D eigenvalue weighted by Crippen LogP contribution is -2.21. The Kier molecular flexibility index (Phi) is 4.99. The zero-order chi connectivity index (χ0) is 12.1. The van der Waals surface area contributed by atoms with Gasteiger partial charge in [0.1, 0.15) is 5.82 Å². The fourth-order valence-electron chi connectivity index (χ4n) is 1.39. The van der Waals surface area contributed by atoms with Gasteiger partial charge in [0.05, 0.1) is 23.9 Å². The van der Waals surface area contributed by atoms with E-state index >= 15 is 0 Å². The molecule has 0 aromatic heterocycles. The SMILES string of the molecule is COCC(C)Nc1c(F)cc(CO)cc1Cl. The number of hydrogen-bond acceptors (Lipinski definition) is 3. The smallest absolute Gasteiger partial charge is 0.148 e. The molecule has 1 atom stereocenters. The minimum Gasteiger partial charge on any atom is -0.392 e. The highest BCUT2D eigenvalue weighted by Gasteiger charge is 2.11. The predicted octanol–water partition coefficient (Wildman–Crippen LogP) is 2.42. The number of benzene rings is 1. The molecular formula is C11H15ClFNO2. The van der Waals surface area contributed by atoms with Crippen molar-refractivity contribution in [3.8, 4) is 0 Å². The third-order valence-corrected chi connectivity index (χ3v) is 2.39. The second-order valence-corrected chi connectivity index (χ2v) is 4.00. The first-order valence-electron chi connectivity index (χ1n) is 4.92. The summed E-state index contributed by atoms with van der Waals surface area (Å²) in [6.07, 6.45) is 0. The van der Waals surface area contributed by atoms with Crippen LogP contribution in [0.1, 0.15) is 12.5 Å². The van der Waals surface area contributed by atoms with Gasteiger partial charge in [0, 0.05) is 13.2 Å². The van der Waals surface area contributed by atoms with E-state index < -0.39 is 5.82 Å². The highest BCUT2D eigenvalue weighted by Crippen LogP contribution is 2.27. The Morgan fingerprint density at radius 2 is 2.25 bits per heavy atom. The molecule has 0 amide bonds. The molecule has 1 aromatic rings. The molecule has 0 aliphatic rings. The minimum absolute atomic E-state index is 0.0445. The fourth-order valence-corrected chi connectivity index (χ4v) is 1.68. The topological polar surface area (TPSA) is 41.5 Å². The summed E-state index contributed by atoms with van der Waals surface area (Å²) >= 11 is 5.90. The van der Waals surface area contributed by atoms with Crippen molar-refractivity contribution in [3.63, 3.8) is 0 Å². The maximum atomic E-state index is 13.6. The van der Waals surface area contributed by atoms with E-state index in [0.717, 1.165) is 0 Å². The maximum Gasteiger partial charge on any atom is 0.148 e. The lowest BCUT2D eigenvalue weighted by molar-refractivity contribution is 0.190. The van der Waals surface area contributed by atoms with Gasteiger partial charge in [-0.25, -0.2) is 4.39 Å². The van der Waals surface area contributed by atoms with Gasteiger partial charge >= 0.3 is 0 Å². The lowest BCUT2D eigenvalue weighted by Gasteiger charge is -2.16. The van der Waals surface area contributed by atoms with Crippen LogP contribution in [0.15, 0.2) is 12.1 Å². The van der Waals surface area contributed by atoms with Crippen molar-refractivity contribution in [2.24, 2.45) is 0 Å². The van der Waals surface area contributed by atoms with Gasteiger partial charge in [0.2, 0.25) is 0 Å². The first-order chi connectivity index (χ1) is 7.58. The van der Waals surface area contributed by atoms with Crippen molar-refractivity contribution in [1.82, 2.24) is 0 Å². The van der Waals surface area contributed by atoms with Crippen LogP contribution in [0.25, 0.3) is 0 Å². The summed E-state index contributed by atoms with van der Waals surface area (Å²) < 4.78 is 18.5. The Balaban J connectivity index is 2.87. The number of anilines is 1. The van der Waals surface area contributed by atoms with Crippen molar-refractivity contribution in [2.45, 2.75) is 19.6 Å². The molecule has 90 valence electrons. The van der Waals surface area contributed by atoms with Crippen molar-refractivity contribution < 1.29 is 14.2 Å². The van der Waals surface area contributed by atoms with Gasteiger partial charge in [0.15, 0.2) is 0 Å². The van der Waals surface area contributed by atoms with Gasteiger partial charge in [-0.3, -0.25) is 0 Å². The molecule has 0 saturated heterocycles. The zero-order valence-corrected chi connectivity index (χ0v) is 10.0. The summed E-state index contributed by atoms with van der Waals surface area (Å²) in [7, 11) is 1.57. The molecule has 1 aromatic carbocycles. The number of nitrogens with one attached hydrogen (secondary N) is 1. The third kappa shape index (κ3) is 3.33. The number of halogens is 2. The Morgan fingerprint density at radius 1 is 1.56 bits per heavy atom. The monoisotopic (exact) mass is 247 g/mol. The summed E-state index contributed by atoms with van der Waals surface area (Å²) in [6, 6.07) is 2.75. The Labute approximate surface area is 99.2 Å². The molecule has 1 rings (SSSR count). The van der Waals surface area contributed by atoms with Crippen molar-refractivity contribution in [3.05, 3.63) is 28.5 Å². The summed E-state index contributed by atoms with van der Waals surface area (Å²) in [4.78, 5) is 0. The van der Waals surface area contributed by atoms with Gasteiger partial charge in [-0.15, -0.1) is 0 Å². The van der Waals surface area contributed by atoms with Crippen LogP contribution >= 0.6 is 11.6 Å². The molecule has 0 spiro atoms. The number of aliphatic hydroxyl groups excluding tert-OH is 1. The van der Waals surface area contributed by atoms with E-state index in [4.69, 9.17) is 21.4 Å². The molecule has 0 radical (unpaired) electrons. The number of methoxy groups -OCH3 is 1. The molecule has 3 nitrogen and oxygen atoms in total. The van der Waals surface area contributed by atoms with Crippen LogP contribution in [0, 0.1) is 5.82 Å². The summed E-state index contributed by atoms with van der Waals surface area (Å²) in [5.74, 6) is -0.473. The average Bonchev–Trinajstić information content (AvgIpc) is 2.23. The predicted molar refractivity (Wildman–Crippen MR) is 62.3 cm³/mol. The highest BCUT2D eigenvalue weighted by atomic mass is 35.5. The molecule has 0 aliphatic carbocycles. The molecule has 2 N–H and O–H groups in total. The standard InChI is InChI=1S/C11H15ClFNO2/c1-7(6-16-2)14-11-9(12)3-8(5-15)4-10(11)13/h3-4,7,14-15H,5-6H2,1-2H3.